The van der Waals surface area contributed by atoms with Crippen molar-refractivity contribution in [1.29, 1.82) is 0 Å². The molecule has 4 aromatic heterocycles. The van der Waals surface area contributed by atoms with Crippen molar-refractivity contribution < 1.29 is 43.9 Å². The zero-order chi connectivity index (χ0) is 41.7. The van der Waals surface area contributed by atoms with Crippen LogP contribution in [0.2, 0.25) is 0 Å². The highest BCUT2D eigenvalue weighted by Crippen LogP contribution is 2.42. The second-order valence-corrected chi connectivity index (χ2v) is 17.3. The first-order chi connectivity index (χ1) is 28.8. The van der Waals surface area contributed by atoms with Crippen LogP contribution in [0.25, 0.3) is 94.4 Å². The molecule has 0 aliphatic carbocycles. The number of thiazole rings is 4. The van der Waals surface area contributed by atoms with Crippen LogP contribution in [0.5, 0.6) is 0 Å². The van der Waals surface area contributed by atoms with Gasteiger partial charge in [-0.1, -0.05) is 48.5 Å². The lowest BCUT2D eigenvalue weighted by atomic mass is 10.0. The molecule has 0 fully saturated rings. The molecule has 0 saturated heterocycles. The summed E-state index contributed by atoms with van der Waals surface area (Å²) in [4.78, 5) is 20.1. The molecular formula is C42H14F10N4S4. The number of fused-ring (bicyclic) bond motifs is 3. The maximum Gasteiger partial charge on any atom is 0.200 e. The summed E-state index contributed by atoms with van der Waals surface area (Å²) in [5, 5.41) is 4.38. The zero-order valence-corrected chi connectivity index (χ0v) is 32.6. The fourth-order valence-corrected chi connectivity index (χ4v) is 10.5. The first-order valence-electron chi connectivity index (χ1n) is 17.2. The predicted molar refractivity (Wildman–Crippen MR) is 214 cm³/mol. The Labute approximate surface area is 345 Å². The summed E-state index contributed by atoms with van der Waals surface area (Å²) in [6.45, 7) is 0. The van der Waals surface area contributed by atoms with Gasteiger partial charge in [0.2, 0.25) is 11.6 Å². The summed E-state index contributed by atoms with van der Waals surface area (Å²) in [5.74, 6) is -20.2. The van der Waals surface area contributed by atoms with Gasteiger partial charge in [-0.15, -0.1) is 45.3 Å². The number of hydrogen-bond donors (Lipinski definition) is 0. The summed E-state index contributed by atoms with van der Waals surface area (Å²) >= 11 is 5.55. The first-order valence-corrected chi connectivity index (χ1v) is 20.4. The molecule has 0 amide bonds. The molecule has 10 rings (SSSR count). The van der Waals surface area contributed by atoms with E-state index in [1.807, 2.05) is 24.3 Å². The van der Waals surface area contributed by atoms with Gasteiger partial charge in [0, 0.05) is 23.5 Å². The number of nitrogens with zero attached hydrogens (tertiary/aromatic N) is 4. The predicted octanol–water partition coefficient (Wildman–Crippen LogP) is 14.4. The van der Waals surface area contributed by atoms with Crippen molar-refractivity contribution in [2.24, 2.45) is 0 Å². The van der Waals surface area contributed by atoms with E-state index < -0.39 is 69.3 Å². The monoisotopic (exact) mass is 892 g/mol. The highest BCUT2D eigenvalue weighted by atomic mass is 32.1. The van der Waals surface area contributed by atoms with Crippen molar-refractivity contribution in [2.75, 3.05) is 0 Å². The summed E-state index contributed by atoms with van der Waals surface area (Å²) in [7, 11) is 0. The number of aromatic nitrogens is 4. The third-order valence-electron chi connectivity index (χ3n) is 9.55. The van der Waals surface area contributed by atoms with Gasteiger partial charge in [0.05, 0.1) is 41.3 Å². The van der Waals surface area contributed by atoms with Crippen molar-refractivity contribution in [3.8, 4) is 63.2 Å². The quantitative estimate of drug-likeness (QED) is 0.0948. The summed E-state index contributed by atoms with van der Waals surface area (Å²) in [6.07, 6.45) is 3.30. The molecule has 0 aliphatic rings. The third kappa shape index (κ3) is 6.15. The van der Waals surface area contributed by atoms with E-state index in [0.717, 1.165) is 41.0 Å². The molecule has 10 aromatic rings. The van der Waals surface area contributed by atoms with Crippen molar-refractivity contribution in [2.45, 2.75) is 0 Å². The van der Waals surface area contributed by atoms with E-state index in [-0.39, 0.29) is 11.1 Å². The van der Waals surface area contributed by atoms with E-state index in [2.05, 4.69) is 9.97 Å². The Balaban J connectivity index is 0.891. The fraction of sp³-hybridized carbons (Fsp3) is 0. The van der Waals surface area contributed by atoms with Gasteiger partial charge in [-0.05, 0) is 46.2 Å². The number of halogens is 10. The molecule has 0 radical (unpaired) electrons. The average Bonchev–Trinajstić information content (AvgIpc) is 4.09. The molecule has 0 bridgehead atoms. The van der Waals surface area contributed by atoms with Crippen LogP contribution in [0.4, 0.5) is 43.9 Å². The molecule has 0 saturated carbocycles. The summed E-state index contributed by atoms with van der Waals surface area (Å²) in [6, 6.07) is 19.0. The van der Waals surface area contributed by atoms with Crippen molar-refractivity contribution >= 4 is 76.6 Å². The van der Waals surface area contributed by atoms with Gasteiger partial charge in [-0.25, -0.2) is 63.8 Å². The molecule has 18 heteroatoms. The lowest BCUT2D eigenvalue weighted by Gasteiger charge is -2.09. The van der Waals surface area contributed by atoms with Crippen LogP contribution >= 0.6 is 45.3 Å². The van der Waals surface area contributed by atoms with Crippen molar-refractivity contribution in [1.82, 2.24) is 19.9 Å². The smallest absolute Gasteiger partial charge is 0.200 e. The Morgan fingerprint density at radius 3 is 1.00 bits per heavy atom. The largest absolute Gasteiger partial charge is 0.244 e. The summed E-state index contributed by atoms with van der Waals surface area (Å²) < 4.78 is 142. The molecule has 4 heterocycles. The van der Waals surface area contributed by atoms with Gasteiger partial charge in [-0.3, -0.25) is 0 Å². The molecule has 4 nitrogen and oxygen atoms in total. The normalized spacial score (nSPS) is 11.8. The van der Waals surface area contributed by atoms with Crippen LogP contribution in [0, 0.1) is 58.2 Å². The molecule has 0 atom stereocenters. The topological polar surface area (TPSA) is 51.6 Å². The zero-order valence-electron chi connectivity index (χ0n) is 29.3. The van der Waals surface area contributed by atoms with Gasteiger partial charge < -0.3 is 0 Å². The van der Waals surface area contributed by atoms with Crippen LogP contribution in [0.15, 0.2) is 85.2 Å². The molecule has 0 unspecified atom stereocenters. The molecule has 0 aliphatic heterocycles. The van der Waals surface area contributed by atoms with Gasteiger partial charge in [0.25, 0.3) is 0 Å². The Bertz CT molecular complexity index is 3040. The van der Waals surface area contributed by atoms with Crippen LogP contribution in [0.1, 0.15) is 0 Å². The van der Waals surface area contributed by atoms with Crippen LogP contribution in [-0.2, 0) is 0 Å². The summed E-state index contributed by atoms with van der Waals surface area (Å²) in [5.41, 5.74) is 0.251. The van der Waals surface area contributed by atoms with Crippen LogP contribution in [0.3, 0.4) is 0 Å². The molecule has 60 heavy (non-hydrogen) atoms. The van der Waals surface area contributed by atoms with Gasteiger partial charge >= 0.3 is 0 Å². The Morgan fingerprint density at radius 2 is 0.650 bits per heavy atom. The second-order valence-electron chi connectivity index (χ2n) is 13.1. The molecule has 0 N–H and O–H groups in total. The number of rotatable bonds is 6. The SMILES string of the molecule is Fc1c(F)c(F)c(-c2ccc(-c3ncc(-c4nc5cc6cc7sc(-c8cnc(-c9ccc(-c%10c(F)c(F)c(F)c(F)c%10F)cc9)s8)nc7cc6cc5s4)s3)cc2)c(F)c1F. The lowest BCUT2D eigenvalue weighted by molar-refractivity contribution is 0.381. The van der Waals surface area contributed by atoms with Crippen LogP contribution < -0.4 is 0 Å². The Hall–Kier alpha value is -6.08. The molecule has 0 spiro atoms. The standard InChI is InChI=1S/C42H14F10N4S4/c43-29-27(30(44)34(48)37(51)33(29)47)15-1-5-17(6-2-15)39-53-13-25(59-39)41-55-21-9-19-12-24-22(10-20(19)11-23(21)57-41)56-42(58-24)26-14-54-40(60-26)18-7-3-16(4-8-18)28-31(45)35(49)38(52)36(50)32(28)46/h1-14H. The van der Waals surface area contributed by atoms with Gasteiger partial charge in [-0.2, -0.15) is 0 Å². The third-order valence-corrected chi connectivity index (χ3v) is 14.0. The molecular weight excluding hydrogens is 879 g/mol. The molecule has 6 aromatic carbocycles. The highest BCUT2D eigenvalue weighted by molar-refractivity contribution is 7.27. The van der Waals surface area contributed by atoms with E-state index in [9.17, 15) is 43.9 Å². The Kier molecular flexibility index (Phi) is 9.08. The minimum Gasteiger partial charge on any atom is -0.244 e. The second kappa shape index (κ2) is 14.3. The van der Waals surface area contributed by atoms with E-state index in [1.54, 1.807) is 12.4 Å². The average molecular weight is 893 g/mol. The van der Waals surface area contributed by atoms with E-state index in [4.69, 9.17) is 9.97 Å². The minimum atomic E-state index is -2.22. The van der Waals surface area contributed by atoms with Crippen LogP contribution in [-0.4, -0.2) is 19.9 Å². The van der Waals surface area contributed by atoms with E-state index in [0.29, 0.717) is 31.2 Å². The van der Waals surface area contributed by atoms with Crippen molar-refractivity contribution in [3.63, 3.8) is 0 Å². The van der Waals surface area contributed by atoms with Crippen molar-refractivity contribution in [3.05, 3.63) is 143 Å². The number of benzene rings is 6. The van der Waals surface area contributed by atoms with Gasteiger partial charge in [0.1, 0.15) is 20.0 Å². The molecule has 296 valence electrons. The number of hydrogen-bond acceptors (Lipinski definition) is 8. The highest BCUT2D eigenvalue weighted by Gasteiger charge is 2.28. The maximum atomic E-state index is 14.4. The lowest BCUT2D eigenvalue weighted by Crippen LogP contribution is -2.03. The maximum absolute atomic E-state index is 14.4. The minimum absolute atomic E-state index is 0.184. The Morgan fingerprint density at radius 1 is 0.333 bits per heavy atom. The first kappa shape index (κ1) is 38.1. The fourth-order valence-electron chi connectivity index (χ4n) is 6.59. The van der Waals surface area contributed by atoms with E-state index in [1.165, 1.54) is 93.9 Å². The van der Waals surface area contributed by atoms with E-state index >= 15 is 0 Å². The van der Waals surface area contributed by atoms with Gasteiger partial charge in [0.15, 0.2) is 46.5 Å².